The largest absolute Gasteiger partial charge is 0.321 e. The molecule has 8 heteroatoms. The molecule has 0 fully saturated rings. The summed E-state index contributed by atoms with van der Waals surface area (Å²) in [5.74, 6) is -0.183. The summed E-state index contributed by atoms with van der Waals surface area (Å²) in [5, 5.41) is 12.6. The van der Waals surface area contributed by atoms with Crippen molar-refractivity contribution >= 4 is 34.8 Å². The zero-order chi connectivity index (χ0) is 18.0. The minimum Gasteiger partial charge on any atom is -0.321 e. The average Bonchev–Trinajstić information content (AvgIpc) is 3.08. The standard InChI is InChI=1S/C17H17Cl2N5O/c1-11-17(21-16(25)10-23-9-15(19)7-20-23)12(2)24(22-11)8-13-3-5-14(18)6-4-13/h3-7,9H,8,10H2,1-2H3,(H,21,25). The highest BCUT2D eigenvalue weighted by molar-refractivity contribution is 6.30. The van der Waals surface area contributed by atoms with Gasteiger partial charge in [-0.25, -0.2) is 0 Å². The van der Waals surface area contributed by atoms with E-state index in [1.54, 1.807) is 6.20 Å². The molecule has 0 aliphatic rings. The molecular weight excluding hydrogens is 361 g/mol. The molecule has 0 spiro atoms. The van der Waals surface area contributed by atoms with Crippen LogP contribution < -0.4 is 5.32 Å². The summed E-state index contributed by atoms with van der Waals surface area (Å²) in [6.45, 7) is 4.49. The van der Waals surface area contributed by atoms with Crippen LogP contribution >= 0.6 is 23.2 Å². The summed E-state index contributed by atoms with van der Waals surface area (Å²) in [5.41, 5.74) is 3.45. The van der Waals surface area contributed by atoms with E-state index in [9.17, 15) is 4.79 Å². The van der Waals surface area contributed by atoms with E-state index in [-0.39, 0.29) is 12.5 Å². The Hall–Kier alpha value is -2.31. The quantitative estimate of drug-likeness (QED) is 0.737. The normalized spacial score (nSPS) is 10.9. The monoisotopic (exact) mass is 377 g/mol. The molecule has 1 aromatic carbocycles. The minimum atomic E-state index is -0.183. The molecule has 25 heavy (non-hydrogen) atoms. The van der Waals surface area contributed by atoms with Gasteiger partial charge >= 0.3 is 0 Å². The van der Waals surface area contributed by atoms with Crippen molar-refractivity contribution in [3.63, 3.8) is 0 Å². The lowest BCUT2D eigenvalue weighted by Gasteiger charge is -2.07. The van der Waals surface area contributed by atoms with Gasteiger partial charge < -0.3 is 5.32 Å². The first-order valence-electron chi connectivity index (χ1n) is 7.68. The van der Waals surface area contributed by atoms with Crippen molar-refractivity contribution in [2.45, 2.75) is 26.9 Å². The summed E-state index contributed by atoms with van der Waals surface area (Å²) in [7, 11) is 0. The van der Waals surface area contributed by atoms with Crippen molar-refractivity contribution in [1.29, 1.82) is 0 Å². The van der Waals surface area contributed by atoms with Crippen molar-refractivity contribution in [2.24, 2.45) is 0 Å². The number of hydrogen-bond acceptors (Lipinski definition) is 3. The second kappa shape index (κ2) is 7.29. The van der Waals surface area contributed by atoms with Crippen molar-refractivity contribution in [3.05, 3.63) is 63.7 Å². The number of carbonyl (C=O) groups excluding carboxylic acids is 1. The Morgan fingerprint density at radius 1 is 1.16 bits per heavy atom. The van der Waals surface area contributed by atoms with E-state index in [1.165, 1.54) is 10.9 Å². The van der Waals surface area contributed by atoms with Crippen molar-refractivity contribution in [2.75, 3.05) is 5.32 Å². The molecule has 1 amide bonds. The van der Waals surface area contributed by atoms with E-state index >= 15 is 0 Å². The Bertz CT molecular complexity index is 898. The second-order valence-electron chi connectivity index (χ2n) is 5.73. The molecule has 6 nitrogen and oxygen atoms in total. The number of halogens is 2. The van der Waals surface area contributed by atoms with E-state index < -0.39 is 0 Å². The fourth-order valence-corrected chi connectivity index (χ4v) is 2.83. The number of carbonyl (C=O) groups is 1. The lowest BCUT2D eigenvalue weighted by Crippen LogP contribution is -2.19. The van der Waals surface area contributed by atoms with Crippen LogP contribution in [0.4, 0.5) is 5.69 Å². The third-order valence-corrected chi connectivity index (χ3v) is 4.25. The molecule has 0 unspecified atom stereocenters. The summed E-state index contributed by atoms with van der Waals surface area (Å²) >= 11 is 11.7. The molecule has 0 saturated carbocycles. The Morgan fingerprint density at radius 3 is 2.52 bits per heavy atom. The Balaban J connectivity index is 1.72. The maximum atomic E-state index is 12.2. The van der Waals surface area contributed by atoms with Crippen LogP contribution in [0.5, 0.6) is 0 Å². The maximum Gasteiger partial charge on any atom is 0.246 e. The minimum absolute atomic E-state index is 0.0912. The van der Waals surface area contributed by atoms with Gasteiger partial charge in [0.15, 0.2) is 0 Å². The topological polar surface area (TPSA) is 64.7 Å². The molecule has 2 heterocycles. The number of aromatic nitrogens is 4. The molecule has 130 valence electrons. The van der Waals surface area contributed by atoms with Crippen LogP contribution in [0.25, 0.3) is 0 Å². The fraction of sp³-hybridized carbons (Fsp3) is 0.235. The fourth-order valence-electron chi connectivity index (χ4n) is 2.55. The van der Waals surface area contributed by atoms with Gasteiger partial charge in [0.2, 0.25) is 5.91 Å². The van der Waals surface area contributed by atoms with E-state index in [2.05, 4.69) is 15.5 Å². The molecule has 3 aromatic rings. The molecule has 0 radical (unpaired) electrons. The van der Waals surface area contributed by atoms with Gasteiger partial charge in [0.05, 0.1) is 34.8 Å². The number of nitrogens with one attached hydrogen (secondary N) is 1. The first-order chi connectivity index (χ1) is 11.9. The summed E-state index contributed by atoms with van der Waals surface area (Å²) < 4.78 is 3.35. The molecule has 1 N–H and O–H groups in total. The SMILES string of the molecule is Cc1nn(Cc2ccc(Cl)cc2)c(C)c1NC(=O)Cn1cc(Cl)cn1. The van der Waals surface area contributed by atoms with Crippen LogP contribution in [0.1, 0.15) is 17.0 Å². The smallest absolute Gasteiger partial charge is 0.246 e. The van der Waals surface area contributed by atoms with E-state index in [0.29, 0.717) is 16.6 Å². The molecule has 3 rings (SSSR count). The molecule has 0 bridgehead atoms. The van der Waals surface area contributed by atoms with Crippen LogP contribution in [0.15, 0.2) is 36.7 Å². The molecule has 2 aromatic heterocycles. The lowest BCUT2D eigenvalue weighted by atomic mass is 10.2. The van der Waals surface area contributed by atoms with Gasteiger partial charge in [-0.15, -0.1) is 0 Å². The van der Waals surface area contributed by atoms with Gasteiger partial charge in [-0.05, 0) is 31.5 Å². The third kappa shape index (κ3) is 4.21. The number of hydrogen-bond donors (Lipinski definition) is 1. The van der Waals surface area contributed by atoms with E-state index in [0.717, 1.165) is 22.6 Å². The first kappa shape index (κ1) is 17.5. The van der Waals surface area contributed by atoms with Crippen molar-refractivity contribution < 1.29 is 4.79 Å². The zero-order valence-corrected chi connectivity index (χ0v) is 15.3. The molecule has 0 aliphatic carbocycles. The molecule has 0 aliphatic heterocycles. The number of amides is 1. The highest BCUT2D eigenvalue weighted by Gasteiger charge is 2.15. The van der Waals surface area contributed by atoms with Gasteiger partial charge in [-0.2, -0.15) is 10.2 Å². The second-order valence-corrected chi connectivity index (χ2v) is 6.61. The lowest BCUT2D eigenvalue weighted by molar-refractivity contribution is -0.116. The van der Waals surface area contributed by atoms with Crippen LogP contribution in [0, 0.1) is 13.8 Å². The zero-order valence-electron chi connectivity index (χ0n) is 13.8. The molecule has 0 atom stereocenters. The highest BCUT2D eigenvalue weighted by Crippen LogP contribution is 2.21. The van der Waals surface area contributed by atoms with Crippen LogP contribution in [-0.2, 0) is 17.9 Å². The Labute approximate surface area is 155 Å². The van der Waals surface area contributed by atoms with Crippen molar-refractivity contribution in [1.82, 2.24) is 19.6 Å². The van der Waals surface area contributed by atoms with Crippen LogP contribution in [0.2, 0.25) is 10.0 Å². The predicted octanol–water partition coefficient (Wildman–Crippen LogP) is 3.69. The number of anilines is 1. The summed E-state index contributed by atoms with van der Waals surface area (Å²) in [6.07, 6.45) is 3.10. The van der Waals surface area contributed by atoms with Crippen LogP contribution in [-0.4, -0.2) is 25.5 Å². The third-order valence-electron chi connectivity index (χ3n) is 3.80. The van der Waals surface area contributed by atoms with Gasteiger partial charge in [-0.1, -0.05) is 35.3 Å². The summed E-state index contributed by atoms with van der Waals surface area (Å²) in [4.78, 5) is 12.2. The Morgan fingerprint density at radius 2 is 1.88 bits per heavy atom. The first-order valence-corrected chi connectivity index (χ1v) is 8.44. The molecule has 0 saturated heterocycles. The molecular formula is C17H17Cl2N5O. The number of nitrogens with zero attached hydrogens (tertiary/aromatic N) is 4. The van der Waals surface area contributed by atoms with Crippen LogP contribution in [0.3, 0.4) is 0 Å². The highest BCUT2D eigenvalue weighted by atomic mass is 35.5. The predicted molar refractivity (Wildman–Crippen MR) is 98.1 cm³/mol. The van der Waals surface area contributed by atoms with Crippen molar-refractivity contribution in [3.8, 4) is 0 Å². The maximum absolute atomic E-state index is 12.2. The van der Waals surface area contributed by atoms with E-state index in [4.69, 9.17) is 23.2 Å². The Kier molecular flexibility index (Phi) is 5.11. The van der Waals surface area contributed by atoms with E-state index in [1.807, 2.05) is 42.8 Å². The van der Waals surface area contributed by atoms with Gasteiger partial charge in [0.25, 0.3) is 0 Å². The number of benzene rings is 1. The van der Waals surface area contributed by atoms with Gasteiger partial charge in [0.1, 0.15) is 6.54 Å². The van der Waals surface area contributed by atoms with Gasteiger partial charge in [0, 0.05) is 11.2 Å². The van der Waals surface area contributed by atoms with Gasteiger partial charge in [-0.3, -0.25) is 14.2 Å². The summed E-state index contributed by atoms with van der Waals surface area (Å²) in [6, 6.07) is 7.61. The average molecular weight is 378 g/mol. The number of aryl methyl sites for hydroxylation is 1. The number of rotatable bonds is 5.